The molecule has 0 saturated heterocycles. The molecule has 0 radical (unpaired) electrons. The third-order valence-electron chi connectivity index (χ3n) is 2.43. The minimum absolute atomic E-state index is 0.171. The predicted octanol–water partition coefficient (Wildman–Crippen LogP) is 0.0569. The van der Waals surface area contributed by atoms with Crippen LogP contribution in [-0.2, 0) is 19.1 Å². The van der Waals surface area contributed by atoms with Crippen molar-refractivity contribution < 1.29 is 19.1 Å². The summed E-state index contributed by atoms with van der Waals surface area (Å²) in [6.07, 6.45) is 6.46. The molecular weight excluding hydrogens is 236 g/mol. The van der Waals surface area contributed by atoms with Gasteiger partial charge in [0.2, 0.25) is 0 Å². The summed E-state index contributed by atoms with van der Waals surface area (Å²) in [5.74, 6) is -2.64. The number of ether oxygens (including phenoxy) is 2. The van der Waals surface area contributed by atoms with E-state index in [1.807, 2.05) is 0 Å². The molecule has 0 fully saturated rings. The highest BCUT2D eigenvalue weighted by Crippen LogP contribution is 2.20. The van der Waals surface area contributed by atoms with Gasteiger partial charge in [0.05, 0.1) is 13.2 Å². The molecule has 0 aromatic carbocycles. The third-order valence-corrected chi connectivity index (χ3v) is 2.43. The van der Waals surface area contributed by atoms with Crippen molar-refractivity contribution in [1.82, 2.24) is 5.32 Å². The Bertz CT molecular complexity index is 360. The van der Waals surface area contributed by atoms with Crippen molar-refractivity contribution in [2.45, 2.75) is 19.5 Å². The second-order valence-corrected chi connectivity index (χ2v) is 3.73. The van der Waals surface area contributed by atoms with Gasteiger partial charge in [0.1, 0.15) is 5.66 Å². The Balaban J connectivity index is 2.96. The number of hydrogen-bond acceptors (Lipinski definition) is 6. The van der Waals surface area contributed by atoms with Crippen molar-refractivity contribution in [3.8, 4) is 0 Å². The van der Waals surface area contributed by atoms with Crippen molar-refractivity contribution in [3.63, 3.8) is 0 Å². The molecule has 0 amide bonds. The molecule has 18 heavy (non-hydrogen) atoms. The van der Waals surface area contributed by atoms with Gasteiger partial charge in [-0.2, -0.15) is 0 Å². The molecule has 0 aromatic rings. The van der Waals surface area contributed by atoms with Crippen LogP contribution >= 0.6 is 0 Å². The molecule has 1 rings (SSSR count). The number of dihydropyridines is 1. The summed E-state index contributed by atoms with van der Waals surface area (Å²) in [6.45, 7) is 3.66. The van der Waals surface area contributed by atoms with E-state index in [1.165, 1.54) is 6.08 Å². The molecule has 100 valence electrons. The minimum atomic E-state index is -1.33. The van der Waals surface area contributed by atoms with E-state index >= 15 is 0 Å². The van der Waals surface area contributed by atoms with Gasteiger partial charge in [0, 0.05) is 0 Å². The van der Waals surface area contributed by atoms with Crippen LogP contribution in [0.3, 0.4) is 0 Å². The first-order valence-corrected chi connectivity index (χ1v) is 5.79. The number of nitrogens with one attached hydrogen (secondary N) is 1. The maximum absolute atomic E-state index is 11.9. The Morgan fingerprint density at radius 1 is 1.22 bits per heavy atom. The summed E-state index contributed by atoms with van der Waals surface area (Å²) in [6, 6.07) is 0. The van der Waals surface area contributed by atoms with Crippen molar-refractivity contribution >= 4 is 11.9 Å². The lowest BCUT2D eigenvalue weighted by molar-refractivity contribution is -0.164. The molecule has 1 atom stereocenters. The van der Waals surface area contributed by atoms with Crippen LogP contribution in [0.25, 0.3) is 0 Å². The van der Waals surface area contributed by atoms with E-state index in [9.17, 15) is 9.59 Å². The Labute approximate surface area is 106 Å². The smallest absolute Gasteiger partial charge is 0.324 e. The molecule has 3 N–H and O–H groups in total. The maximum Gasteiger partial charge on any atom is 0.324 e. The van der Waals surface area contributed by atoms with Crippen molar-refractivity contribution in [3.05, 3.63) is 24.4 Å². The van der Waals surface area contributed by atoms with Crippen LogP contribution in [0.4, 0.5) is 0 Å². The van der Waals surface area contributed by atoms with Crippen molar-refractivity contribution in [2.75, 3.05) is 13.2 Å². The van der Waals surface area contributed by atoms with Gasteiger partial charge in [-0.3, -0.25) is 9.59 Å². The Hall–Kier alpha value is -1.82. The quantitative estimate of drug-likeness (QED) is 0.532. The molecule has 1 aliphatic heterocycles. The zero-order valence-electron chi connectivity index (χ0n) is 10.5. The molecule has 0 aliphatic carbocycles. The summed E-state index contributed by atoms with van der Waals surface area (Å²) in [5.41, 5.74) is 4.69. The normalized spacial score (nSPS) is 21.6. The lowest BCUT2D eigenvalue weighted by Gasteiger charge is -2.33. The lowest BCUT2D eigenvalue weighted by Crippen LogP contribution is -2.61. The number of carbonyl (C=O) groups is 2. The molecule has 0 saturated carbocycles. The van der Waals surface area contributed by atoms with Crippen molar-refractivity contribution in [2.24, 2.45) is 11.7 Å². The first-order valence-electron chi connectivity index (χ1n) is 5.79. The molecule has 1 unspecified atom stereocenters. The van der Waals surface area contributed by atoms with Crippen LogP contribution in [0.2, 0.25) is 0 Å². The van der Waals surface area contributed by atoms with Gasteiger partial charge in [-0.15, -0.1) is 0 Å². The highest BCUT2D eigenvalue weighted by atomic mass is 16.6. The van der Waals surface area contributed by atoms with E-state index < -0.39 is 23.5 Å². The SMILES string of the molecule is CCOC(=O)C(C(=O)OCC)C1(N)C=CC=CN1. The highest BCUT2D eigenvalue weighted by molar-refractivity contribution is 5.97. The van der Waals surface area contributed by atoms with Gasteiger partial charge >= 0.3 is 11.9 Å². The lowest BCUT2D eigenvalue weighted by atomic mass is 9.91. The second kappa shape index (κ2) is 6.20. The fraction of sp³-hybridized carbons (Fsp3) is 0.500. The number of nitrogens with two attached hydrogens (primary N) is 1. The molecular formula is C12H18N2O4. The number of allylic oxidation sites excluding steroid dienone is 2. The first-order chi connectivity index (χ1) is 8.55. The highest BCUT2D eigenvalue weighted by Gasteiger charge is 2.45. The summed E-state index contributed by atoms with van der Waals surface area (Å²) >= 11 is 0. The largest absolute Gasteiger partial charge is 0.465 e. The van der Waals surface area contributed by atoms with E-state index in [4.69, 9.17) is 15.2 Å². The molecule has 6 nitrogen and oxygen atoms in total. The number of carbonyl (C=O) groups excluding carboxylic acids is 2. The van der Waals surface area contributed by atoms with Gasteiger partial charge in [0.25, 0.3) is 0 Å². The van der Waals surface area contributed by atoms with Crippen LogP contribution in [-0.4, -0.2) is 30.8 Å². The second-order valence-electron chi connectivity index (χ2n) is 3.73. The molecule has 0 bridgehead atoms. The van der Waals surface area contributed by atoms with E-state index in [0.717, 1.165) is 0 Å². The molecule has 6 heteroatoms. The molecule has 0 spiro atoms. The molecule has 0 aromatic heterocycles. The van der Waals surface area contributed by atoms with Gasteiger partial charge < -0.3 is 20.5 Å². The summed E-state index contributed by atoms with van der Waals surface area (Å²) in [5, 5.41) is 2.78. The van der Waals surface area contributed by atoms with Crippen LogP contribution < -0.4 is 11.1 Å². The number of hydrogen-bond donors (Lipinski definition) is 2. The van der Waals surface area contributed by atoms with E-state index in [-0.39, 0.29) is 13.2 Å². The maximum atomic E-state index is 11.9. The van der Waals surface area contributed by atoms with Crippen LogP contribution in [0.15, 0.2) is 24.4 Å². The first kappa shape index (κ1) is 14.2. The summed E-state index contributed by atoms with van der Waals surface area (Å²) < 4.78 is 9.74. The van der Waals surface area contributed by atoms with E-state index in [1.54, 1.807) is 32.2 Å². The van der Waals surface area contributed by atoms with Crippen molar-refractivity contribution in [1.29, 1.82) is 0 Å². The van der Waals surface area contributed by atoms with E-state index in [2.05, 4.69) is 5.32 Å². The fourth-order valence-electron chi connectivity index (χ4n) is 1.63. The van der Waals surface area contributed by atoms with Gasteiger partial charge in [0.15, 0.2) is 5.92 Å². The average Bonchev–Trinajstić information content (AvgIpc) is 2.30. The number of esters is 2. The van der Waals surface area contributed by atoms with Crippen LogP contribution in [0, 0.1) is 5.92 Å². The minimum Gasteiger partial charge on any atom is -0.465 e. The van der Waals surface area contributed by atoms with Crippen LogP contribution in [0.5, 0.6) is 0 Å². The Kier molecular flexibility index (Phi) is 4.91. The molecule has 1 aliphatic rings. The van der Waals surface area contributed by atoms with E-state index in [0.29, 0.717) is 0 Å². The van der Waals surface area contributed by atoms with Crippen LogP contribution in [0.1, 0.15) is 13.8 Å². The Morgan fingerprint density at radius 3 is 2.17 bits per heavy atom. The zero-order chi connectivity index (χ0) is 13.6. The van der Waals surface area contributed by atoms with Gasteiger partial charge in [-0.25, -0.2) is 0 Å². The summed E-state index contributed by atoms with van der Waals surface area (Å²) in [4.78, 5) is 23.7. The van der Waals surface area contributed by atoms with Gasteiger partial charge in [-0.1, -0.05) is 6.08 Å². The Morgan fingerprint density at radius 2 is 1.78 bits per heavy atom. The fourth-order valence-corrected chi connectivity index (χ4v) is 1.63. The van der Waals surface area contributed by atoms with Gasteiger partial charge in [-0.05, 0) is 32.2 Å². The monoisotopic (exact) mass is 254 g/mol. The average molecular weight is 254 g/mol. The summed E-state index contributed by atoms with van der Waals surface area (Å²) in [7, 11) is 0. The third kappa shape index (κ3) is 3.10. The zero-order valence-corrected chi connectivity index (χ0v) is 10.5. The topological polar surface area (TPSA) is 90.7 Å². The number of rotatable bonds is 5. The standard InChI is InChI=1S/C12H18N2O4/c1-3-17-10(15)9(11(16)18-4-2)12(13)7-5-6-8-14-12/h5-9,14H,3-4,13H2,1-2H3. The predicted molar refractivity (Wildman–Crippen MR) is 65.1 cm³/mol. The molecule has 1 heterocycles.